The summed E-state index contributed by atoms with van der Waals surface area (Å²) >= 11 is 1.64. The van der Waals surface area contributed by atoms with Crippen molar-refractivity contribution in [2.75, 3.05) is 5.75 Å². The van der Waals surface area contributed by atoms with Gasteiger partial charge in [0.05, 0.1) is 0 Å². The molecule has 0 atom stereocenters. The van der Waals surface area contributed by atoms with Crippen molar-refractivity contribution in [2.45, 2.75) is 68.6 Å². The number of rotatable bonds is 6. The first-order valence-corrected chi connectivity index (χ1v) is 8.63. The SMILES string of the molecule is O=C(CCSc1nncn1C1CC1)NC1CCCCC1. The summed E-state index contributed by atoms with van der Waals surface area (Å²) in [7, 11) is 0. The molecule has 0 aliphatic heterocycles. The van der Waals surface area contributed by atoms with Crippen LogP contribution in [0.15, 0.2) is 11.5 Å². The highest BCUT2D eigenvalue weighted by Crippen LogP contribution is 2.37. The van der Waals surface area contributed by atoms with Crippen LogP contribution in [0.1, 0.15) is 57.4 Å². The molecule has 0 saturated heterocycles. The third-order valence-electron chi connectivity index (χ3n) is 4.01. The summed E-state index contributed by atoms with van der Waals surface area (Å²) in [5.41, 5.74) is 0. The molecule has 6 heteroatoms. The van der Waals surface area contributed by atoms with Crippen molar-refractivity contribution < 1.29 is 4.79 Å². The predicted octanol–water partition coefficient (Wildman–Crippen LogP) is 2.54. The first-order valence-electron chi connectivity index (χ1n) is 7.64. The molecular weight excluding hydrogens is 272 g/mol. The third kappa shape index (κ3) is 3.75. The van der Waals surface area contributed by atoms with E-state index in [1.165, 1.54) is 32.1 Å². The monoisotopic (exact) mass is 294 g/mol. The minimum atomic E-state index is 0.182. The van der Waals surface area contributed by atoms with E-state index in [2.05, 4.69) is 20.1 Å². The van der Waals surface area contributed by atoms with Crippen molar-refractivity contribution in [2.24, 2.45) is 0 Å². The molecule has 3 rings (SSSR count). The Morgan fingerprint density at radius 2 is 2.10 bits per heavy atom. The summed E-state index contributed by atoms with van der Waals surface area (Å²) in [4.78, 5) is 11.9. The smallest absolute Gasteiger partial charge is 0.221 e. The summed E-state index contributed by atoms with van der Waals surface area (Å²) in [6.07, 6.45) is 11.0. The Kier molecular flexibility index (Phi) is 4.60. The number of thioether (sulfide) groups is 1. The van der Waals surface area contributed by atoms with Gasteiger partial charge in [0.15, 0.2) is 5.16 Å². The predicted molar refractivity (Wildman–Crippen MR) is 78.6 cm³/mol. The zero-order chi connectivity index (χ0) is 13.8. The van der Waals surface area contributed by atoms with Gasteiger partial charge < -0.3 is 9.88 Å². The van der Waals surface area contributed by atoms with Crippen molar-refractivity contribution in [3.63, 3.8) is 0 Å². The molecule has 0 bridgehead atoms. The highest BCUT2D eigenvalue weighted by atomic mass is 32.2. The van der Waals surface area contributed by atoms with Crippen molar-refractivity contribution in [3.8, 4) is 0 Å². The number of nitrogens with zero attached hydrogens (tertiary/aromatic N) is 3. The Labute approximate surface area is 123 Å². The highest BCUT2D eigenvalue weighted by molar-refractivity contribution is 7.99. The second-order valence-electron chi connectivity index (χ2n) is 5.75. The maximum absolute atomic E-state index is 11.9. The van der Waals surface area contributed by atoms with Crippen LogP contribution in [0, 0.1) is 0 Å². The zero-order valence-corrected chi connectivity index (χ0v) is 12.6. The van der Waals surface area contributed by atoms with E-state index < -0.39 is 0 Å². The van der Waals surface area contributed by atoms with E-state index in [0.29, 0.717) is 18.5 Å². The van der Waals surface area contributed by atoms with Gasteiger partial charge in [0.1, 0.15) is 6.33 Å². The van der Waals surface area contributed by atoms with E-state index in [-0.39, 0.29) is 5.91 Å². The Morgan fingerprint density at radius 3 is 2.85 bits per heavy atom. The van der Waals surface area contributed by atoms with Gasteiger partial charge in [0.25, 0.3) is 0 Å². The third-order valence-corrected chi connectivity index (χ3v) is 4.97. The van der Waals surface area contributed by atoms with Gasteiger partial charge in [-0.3, -0.25) is 4.79 Å². The van der Waals surface area contributed by atoms with Crippen LogP contribution >= 0.6 is 11.8 Å². The first-order chi connectivity index (χ1) is 9.83. The van der Waals surface area contributed by atoms with Crippen LogP contribution in [-0.2, 0) is 4.79 Å². The van der Waals surface area contributed by atoms with E-state index in [1.54, 1.807) is 11.8 Å². The molecule has 0 spiro atoms. The number of amides is 1. The second-order valence-corrected chi connectivity index (χ2v) is 6.81. The molecule has 2 fully saturated rings. The van der Waals surface area contributed by atoms with Gasteiger partial charge in [-0.05, 0) is 25.7 Å². The van der Waals surface area contributed by atoms with Gasteiger partial charge in [-0.25, -0.2) is 0 Å². The topological polar surface area (TPSA) is 59.8 Å². The van der Waals surface area contributed by atoms with Crippen LogP contribution in [0.25, 0.3) is 0 Å². The van der Waals surface area contributed by atoms with Crippen molar-refractivity contribution in [1.29, 1.82) is 0 Å². The number of aromatic nitrogens is 3. The fourth-order valence-corrected chi connectivity index (χ4v) is 3.64. The molecule has 2 saturated carbocycles. The van der Waals surface area contributed by atoms with Gasteiger partial charge in [-0.1, -0.05) is 31.0 Å². The van der Waals surface area contributed by atoms with Crippen molar-refractivity contribution in [1.82, 2.24) is 20.1 Å². The molecule has 110 valence electrons. The van der Waals surface area contributed by atoms with Crippen molar-refractivity contribution in [3.05, 3.63) is 6.33 Å². The lowest BCUT2D eigenvalue weighted by Crippen LogP contribution is -2.36. The maximum Gasteiger partial charge on any atom is 0.221 e. The van der Waals surface area contributed by atoms with Crippen LogP contribution in [0.4, 0.5) is 0 Å². The minimum Gasteiger partial charge on any atom is -0.353 e. The molecule has 1 aromatic heterocycles. The second kappa shape index (κ2) is 6.61. The first kappa shape index (κ1) is 13.9. The lowest BCUT2D eigenvalue weighted by molar-refractivity contribution is -0.121. The molecule has 2 aliphatic rings. The molecule has 5 nitrogen and oxygen atoms in total. The van der Waals surface area contributed by atoms with Crippen LogP contribution in [0.3, 0.4) is 0 Å². The largest absolute Gasteiger partial charge is 0.353 e. The highest BCUT2D eigenvalue weighted by Gasteiger charge is 2.26. The molecule has 0 aromatic carbocycles. The Morgan fingerprint density at radius 1 is 1.30 bits per heavy atom. The van der Waals surface area contributed by atoms with Crippen molar-refractivity contribution >= 4 is 17.7 Å². The van der Waals surface area contributed by atoms with Crippen LogP contribution in [-0.4, -0.2) is 32.5 Å². The average molecular weight is 294 g/mol. The Hall–Kier alpha value is -1.04. The average Bonchev–Trinajstić information content (AvgIpc) is 3.20. The summed E-state index contributed by atoms with van der Waals surface area (Å²) in [5, 5.41) is 12.2. The normalized spacial score (nSPS) is 20.0. The molecule has 0 radical (unpaired) electrons. The lowest BCUT2D eigenvalue weighted by Gasteiger charge is -2.22. The molecule has 1 amide bonds. The standard InChI is InChI=1S/C14H22N4OS/c19-13(16-11-4-2-1-3-5-11)8-9-20-14-17-15-10-18(14)12-6-7-12/h10-12H,1-9H2,(H,16,19). The number of hydrogen-bond donors (Lipinski definition) is 1. The fourth-order valence-electron chi connectivity index (χ4n) is 2.72. The summed E-state index contributed by atoms with van der Waals surface area (Å²) in [5.74, 6) is 0.964. The molecule has 1 N–H and O–H groups in total. The number of nitrogens with one attached hydrogen (secondary N) is 1. The summed E-state index contributed by atoms with van der Waals surface area (Å²) < 4.78 is 2.14. The van der Waals surface area contributed by atoms with Gasteiger partial charge in [-0.2, -0.15) is 0 Å². The Balaban J connectivity index is 1.38. The summed E-state index contributed by atoms with van der Waals surface area (Å²) in [6, 6.07) is 1.01. The van der Waals surface area contributed by atoms with Crippen LogP contribution in [0.2, 0.25) is 0 Å². The lowest BCUT2D eigenvalue weighted by atomic mass is 9.95. The molecular formula is C14H22N4OS. The molecule has 0 unspecified atom stereocenters. The van der Waals surface area contributed by atoms with E-state index in [1.807, 2.05) is 6.33 Å². The number of hydrogen-bond acceptors (Lipinski definition) is 4. The fraction of sp³-hybridized carbons (Fsp3) is 0.786. The molecule has 20 heavy (non-hydrogen) atoms. The van der Waals surface area contributed by atoms with Gasteiger partial charge in [-0.15, -0.1) is 10.2 Å². The molecule has 2 aliphatic carbocycles. The van der Waals surface area contributed by atoms with Crippen LogP contribution < -0.4 is 5.32 Å². The van der Waals surface area contributed by atoms with Gasteiger partial charge in [0.2, 0.25) is 5.91 Å². The van der Waals surface area contributed by atoms with E-state index in [0.717, 1.165) is 23.8 Å². The van der Waals surface area contributed by atoms with Gasteiger partial charge in [0, 0.05) is 24.3 Å². The quantitative estimate of drug-likeness (QED) is 0.819. The van der Waals surface area contributed by atoms with E-state index >= 15 is 0 Å². The van der Waals surface area contributed by atoms with E-state index in [4.69, 9.17) is 0 Å². The zero-order valence-electron chi connectivity index (χ0n) is 11.8. The number of carbonyl (C=O) groups excluding carboxylic acids is 1. The van der Waals surface area contributed by atoms with Crippen LogP contribution in [0.5, 0.6) is 0 Å². The van der Waals surface area contributed by atoms with E-state index in [9.17, 15) is 4.79 Å². The number of carbonyl (C=O) groups is 1. The molecule has 1 heterocycles. The minimum absolute atomic E-state index is 0.182. The molecule has 1 aromatic rings. The van der Waals surface area contributed by atoms with Gasteiger partial charge >= 0.3 is 0 Å². The summed E-state index contributed by atoms with van der Waals surface area (Å²) in [6.45, 7) is 0. The Bertz CT molecular complexity index is 452. The maximum atomic E-state index is 11.9.